The van der Waals surface area contributed by atoms with Crippen LogP contribution in [0.5, 0.6) is 0 Å². The molecule has 0 aliphatic carbocycles. The molecule has 0 bridgehead atoms. The molecule has 0 radical (unpaired) electrons. The first-order valence-electron chi connectivity index (χ1n) is 6.79. The molecular weight excluding hydrogens is 224 g/mol. The fourth-order valence-electron chi connectivity index (χ4n) is 2.64. The molecule has 1 heterocycles. The van der Waals surface area contributed by atoms with Gasteiger partial charge in [0, 0.05) is 37.5 Å². The molecule has 1 aromatic carbocycles. The van der Waals surface area contributed by atoms with E-state index in [1.807, 2.05) is 0 Å². The van der Waals surface area contributed by atoms with Crippen molar-refractivity contribution in [1.82, 2.24) is 5.32 Å². The van der Waals surface area contributed by atoms with E-state index in [1.165, 1.54) is 16.8 Å². The molecule has 1 aliphatic heterocycles. The fourth-order valence-corrected chi connectivity index (χ4v) is 2.64. The molecular formula is C15H24N2O. The van der Waals surface area contributed by atoms with Crippen LogP contribution >= 0.6 is 0 Å². The van der Waals surface area contributed by atoms with Crippen LogP contribution in [0.3, 0.4) is 0 Å². The number of hydrogen-bond donors (Lipinski definition) is 2. The van der Waals surface area contributed by atoms with Crippen LogP contribution in [0.4, 0.5) is 5.69 Å². The highest BCUT2D eigenvalue weighted by atomic mass is 16.3. The fraction of sp³-hybridized carbons (Fsp3) is 0.600. The average Bonchev–Trinajstić information content (AvgIpc) is 2.32. The van der Waals surface area contributed by atoms with Crippen molar-refractivity contribution in [2.75, 3.05) is 24.6 Å². The molecule has 2 atom stereocenters. The average molecular weight is 248 g/mol. The summed E-state index contributed by atoms with van der Waals surface area (Å²) in [7, 11) is 0. The highest BCUT2D eigenvalue weighted by Gasteiger charge is 2.23. The summed E-state index contributed by atoms with van der Waals surface area (Å²) >= 11 is 0. The molecule has 1 aromatic rings. The normalized spacial score (nSPS) is 24.3. The topological polar surface area (TPSA) is 35.5 Å². The van der Waals surface area contributed by atoms with E-state index in [0.29, 0.717) is 12.1 Å². The number of piperazine rings is 1. The minimum absolute atomic E-state index is 0.255. The van der Waals surface area contributed by atoms with Crippen LogP contribution in [0.25, 0.3) is 0 Å². The summed E-state index contributed by atoms with van der Waals surface area (Å²) in [5.74, 6) is 0. The van der Waals surface area contributed by atoms with Crippen LogP contribution < -0.4 is 10.2 Å². The van der Waals surface area contributed by atoms with Crippen molar-refractivity contribution < 1.29 is 5.11 Å². The molecule has 1 saturated heterocycles. The number of hydrogen-bond acceptors (Lipinski definition) is 3. The van der Waals surface area contributed by atoms with Gasteiger partial charge in [-0.3, -0.25) is 0 Å². The molecule has 3 nitrogen and oxygen atoms in total. The molecule has 100 valence electrons. The third-order valence-corrected chi connectivity index (χ3v) is 3.79. The van der Waals surface area contributed by atoms with Gasteiger partial charge in [-0.1, -0.05) is 6.07 Å². The zero-order chi connectivity index (χ0) is 13.1. The van der Waals surface area contributed by atoms with Gasteiger partial charge < -0.3 is 15.3 Å². The molecule has 0 saturated carbocycles. The summed E-state index contributed by atoms with van der Waals surface area (Å²) in [6.07, 6.45) is 0.825. The lowest BCUT2D eigenvalue weighted by molar-refractivity contribution is 0.250. The summed E-state index contributed by atoms with van der Waals surface area (Å²) in [4.78, 5) is 2.42. The number of nitrogens with zero attached hydrogens (tertiary/aromatic N) is 1. The van der Waals surface area contributed by atoms with E-state index in [0.717, 1.165) is 19.5 Å². The number of aliphatic hydroxyl groups is 1. The van der Waals surface area contributed by atoms with Crippen molar-refractivity contribution in [3.63, 3.8) is 0 Å². The van der Waals surface area contributed by atoms with Gasteiger partial charge in [-0.2, -0.15) is 0 Å². The second-order valence-electron chi connectivity index (χ2n) is 5.45. The summed E-state index contributed by atoms with van der Waals surface area (Å²) in [5.41, 5.74) is 3.99. The van der Waals surface area contributed by atoms with Crippen LogP contribution in [0.1, 0.15) is 24.5 Å². The monoisotopic (exact) mass is 248 g/mol. The maximum Gasteiger partial charge on any atom is 0.0446 e. The minimum Gasteiger partial charge on any atom is -0.396 e. The van der Waals surface area contributed by atoms with Gasteiger partial charge in [0.15, 0.2) is 0 Å². The summed E-state index contributed by atoms with van der Waals surface area (Å²) < 4.78 is 0. The Bertz CT molecular complexity index is 405. The number of nitrogens with one attached hydrogen (secondary N) is 1. The molecule has 0 spiro atoms. The van der Waals surface area contributed by atoms with Crippen molar-refractivity contribution in [3.05, 3.63) is 29.3 Å². The van der Waals surface area contributed by atoms with E-state index in [2.05, 4.69) is 49.2 Å². The molecule has 1 aliphatic rings. The van der Waals surface area contributed by atoms with E-state index >= 15 is 0 Å². The van der Waals surface area contributed by atoms with Crippen molar-refractivity contribution in [3.8, 4) is 0 Å². The predicted octanol–water partition coefficient (Wildman–Crippen LogP) is 1.85. The van der Waals surface area contributed by atoms with Gasteiger partial charge in [-0.15, -0.1) is 0 Å². The number of anilines is 1. The Hall–Kier alpha value is -1.06. The van der Waals surface area contributed by atoms with Crippen molar-refractivity contribution in [2.45, 2.75) is 39.3 Å². The quantitative estimate of drug-likeness (QED) is 0.857. The largest absolute Gasteiger partial charge is 0.396 e. The lowest BCUT2D eigenvalue weighted by Gasteiger charge is -2.39. The molecule has 1 fully saturated rings. The summed E-state index contributed by atoms with van der Waals surface area (Å²) in [5, 5.41) is 12.6. The molecule has 0 aromatic heterocycles. The maximum absolute atomic E-state index is 9.08. The lowest BCUT2D eigenvalue weighted by Crippen LogP contribution is -2.55. The van der Waals surface area contributed by atoms with Gasteiger partial charge in [0.05, 0.1) is 0 Å². The third-order valence-electron chi connectivity index (χ3n) is 3.79. The van der Waals surface area contributed by atoms with Crippen molar-refractivity contribution in [1.29, 1.82) is 0 Å². The van der Waals surface area contributed by atoms with Crippen LogP contribution in [0, 0.1) is 13.8 Å². The van der Waals surface area contributed by atoms with Gasteiger partial charge in [0.1, 0.15) is 0 Å². The highest BCUT2D eigenvalue weighted by molar-refractivity contribution is 5.51. The van der Waals surface area contributed by atoms with Crippen molar-refractivity contribution >= 4 is 5.69 Å². The molecule has 0 amide bonds. The Labute approximate surface area is 110 Å². The molecule has 18 heavy (non-hydrogen) atoms. The Morgan fingerprint density at radius 1 is 1.28 bits per heavy atom. The Morgan fingerprint density at radius 3 is 2.72 bits per heavy atom. The number of rotatable bonds is 3. The number of aliphatic hydroxyl groups excluding tert-OH is 1. The number of benzene rings is 1. The smallest absolute Gasteiger partial charge is 0.0446 e. The molecule has 3 heteroatoms. The molecule has 2 unspecified atom stereocenters. The highest BCUT2D eigenvalue weighted by Crippen LogP contribution is 2.21. The molecule has 2 rings (SSSR count). The van der Waals surface area contributed by atoms with Crippen LogP contribution in [0.15, 0.2) is 18.2 Å². The third kappa shape index (κ3) is 3.03. The summed E-state index contributed by atoms with van der Waals surface area (Å²) in [6, 6.07) is 7.52. The first kappa shape index (κ1) is 13.4. The van der Waals surface area contributed by atoms with Crippen LogP contribution in [0.2, 0.25) is 0 Å². The second kappa shape index (κ2) is 5.72. The van der Waals surface area contributed by atoms with Gasteiger partial charge >= 0.3 is 0 Å². The second-order valence-corrected chi connectivity index (χ2v) is 5.45. The first-order valence-corrected chi connectivity index (χ1v) is 6.79. The first-order chi connectivity index (χ1) is 8.60. The Morgan fingerprint density at radius 2 is 2.06 bits per heavy atom. The van der Waals surface area contributed by atoms with E-state index in [1.54, 1.807) is 0 Å². The predicted molar refractivity (Wildman–Crippen MR) is 76.2 cm³/mol. The lowest BCUT2D eigenvalue weighted by atomic mass is 10.0. The SMILES string of the molecule is Cc1ccc(N2CC(C)NC(CCO)C2)cc1C. The number of aryl methyl sites for hydroxylation is 2. The van der Waals surface area contributed by atoms with E-state index in [-0.39, 0.29) is 6.61 Å². The maximum atomic E-state index is 9.08. The summed E-state index contributed by atoms with van der Waals surface area (Å²) in [6.45, 7) is 8.78. The van der Waals surface area contributed by atoms with Crippen molar-refractivity contribution in [2.24, 2.45) is 0 Å². The van der Waals surface area contributed by atoms with E-state index in [9.17, 15) is 0 Å². The zero-order valence-corrected chi connectivity index (χ0v) is 11.6. The van der Waals surface area contributed by atoms with E-state index < -0.39 is 0 Å². The Balaban J connectivity index is 2.13. The standard InChI is InChI=1S/C15H24N2O/c1-11-4-5-15(8-12(11)2)17-9-13(3)16-14(10-17)6-7-18/h4-5,8,13-14,16,18H,6-7,9-10H2,1-3H3. The van der Waals surface area contributed by atoms with Crippen LogP contribution in [-0.4, -0.2) is 36.9 Å². The van der Waals surface area contributed by atoms with Gasteiger partial charge in [-0.05, 0) is 50.5 Å². The van der Waals surface area contributed by atoms with E-state index in [4.69, 9.17) is 5.11 Å². The van der Waals surface area contributed by atoms with Gasteiger partial charge in [-0.25, -0.2) is 0 Å². The minimum atomic E-state index is 0.255. The molecule has 2 N–H and O–H groups in total. The van der Waals surface area contributed by atoms with Gasteiger partial charge in [0.2, 0.25) is 0 Å². The van der Waals surface area contributed by atoms with Gasteiger partial charge in [0.25, 0.3) is 0 Å². The zero-order valence-electron chi connectivity index (χ0n) is 11.6. The Kier molecular flexibility index (Phi) is 4.25. The van der Waals surface area contributed by atoms with Crippen LogP contribution in [-0.2, 0) is 0 Å².